The van der Waals surface area contributed by atoms with Crippen molar-refractivity contribution in [2.45, 2.75) is 51.4 Å². The number of hydrogen-bond donors (Lipinski definition) is 1. The highest BCUT2D eigenvalue weighted by atomic mass is 19.1. The molecule has 33 heavy (non-hydrogen) atoms. The summed E-state index contributed by atoms with van der Waals surface area (Å²) in [6.45, 7) is 3.61. The zero-order chi connectivity index (χ0) is 23.1. The number of benzene rings is 2. The Hall–Kier alpha value is -3.29. The van der Waals surface area contributed by atoms with Crippen LogP contribution in [-0.4, -0.2) is 54.8 Å². The minimum atomic E-state index is -0.665. The van der Waals surface area contributed by atoms with Crippen LogP contribution in [0.2, 0.25) is 0 Å². The third kappa shape index (κ3) is 4.21. The van der Waals surface area contributed by atoms with Crippen molar-refractivity contribution in [3.8, 4) is 17.2 Å². The van der Waals surface area contributed by atoms with E-state index in [2.05, 4.69) is 5.32 Å². The van der Waals surface area contributed by atoms with Crippen LogP contribution in [0.25, 0.3) is 0 Å². The second kappa shape index (κ2) is 8.57. The molecule has 0 bridgehead atoms. The predicted octanol–water partition coefficient (Wildman–Crippen LogP) is 3.67. The highest BCUT2D eigenvalue weighted by Gasteiger charge is 2.41. The fourth-order valence-corrected chi connectivity index (χ4v) is 4.70. The van der Waals surface area contributed by atoms with Gasteiger partial charge in [-0.05, 0) is 49.6 Å². The summed E-state index contributed by atoms with van der Waals surface area (Å²) < 4.78 is 31.0. The molecule has 3 aliphatic rings. The number of rotatable bonds is 5. The van der Waals surface area contributed by atoms with E-state index in [1.807, 2.05) is 31.2 Å². The molecule has 7 nitrogen and oxygen atoms in total. The van der Waals surface area contributed by atoms with Crippen LogP contribution >= 0.6 is 0 Å². The molecule has 2 aromatic rings. The number of halogens is 1. The molecule has 2 amide bonds. The van der Waals surface area contributed by atoms with Gasteiger partial charge in [0, 0.05) is 24.6 Å². The average Bonchev–Trinajstić information content (AvgIpc) is 3.13. The van der Waals surface area contributed by atoms with Crippen LogP contribution in [0.1, 0.15) is 41.3 Å². The summed E-state index contributed by atoms with van der Waals surface area (Å²) in [5, 5.41) is 2.89. The number of carbonyl (C=O) groups is 2. The monoisotopic (exact) mass is 454 g/mol. The zero-order valence-corrected chi connectivity index (χ0v) is 18.7. The molecule has 8 heteroatoms. The molecule has 3 aliphatic heterocycles. The van der Waals surface area contributed by atoms with Crippen molar-refractivity contribution >= 4 is 17.5 Å². The number of amides is 2. The van der Waals surface area contributed by atoms with E-state index in [0.29, 0.717) is 48.8 Å². The molecule has 0 radical (unpaired) electrons. The van der Waals surface area contributed by atoms with Gasteiger partial charge in [-0.3, -0.25) is 9.59 Å². The summed E-state index contributed by atoms with van der Waals surface area (Å²) in [4.78, 5) is 27.0. The quantitative estimate of drug-likeness (QED) is 0.746. The molecule has 0 unspecified atom stereocenters. The van der Waals surface area contributed by atoms with E-state index < -0.39 is 12.8 Å². The molecule has 2 aromatic carbocycles. The maximum atomic E-state index is 13.5. The molecular formula is C25H27FN2O5. The number of carbonyl (C=O) groups excluding carboxylic acids is 2. The number of nitrogens with one attached hydrogen (secondary N) is 1. The van der Waals surface area contributed by atoms with Gasteiger partial charge in [-0.25, -0.2) is 4.39 Å². The Morgan fingerprint density at radius 1 is 1.24 bits per heavy atom. The van der Waals surface area contributed by atoms with Crippen LogP contribution in [0.3, 0.4) is 0 Å². The molecule has 1 saturated heterocycles. The summed E-state index contributed by atoms with van der Waals surface area (Å²) >= 11 is 0. The number of hydrogen-bond acceptors (Lipinski definition) is 5. The van der Waals surface area contributed by atoms with E-state index in [1.165, 1.54) is 0 Å². The molecule has 0 aromatic heterocycles. The lowest BCUT2D eigenvalue weighted by atomic mass is 10.0. The highest BCUT2D eigenvalue weighted by molar-refractivity contribution is 6.00. The Labute approximate surface area is 191 Å². The number of anilines is 1. The fourth-order valence-electron chi connectivity index (χ4n) is 4.70. The summed E-state index contributed by atoms with van der Waals surface area (Å²) in [7, 11) is 0. The third-order valence-corrected chi connectivity index (χ3v) is 6.32. The van der Waals surface area contributed by atoms with E-state index in [-0.39, 0.29) is 24.0 Å². The van der Waals surface area contributed by atoms with Gasteiger partial charge in [0.1, 0.15) is 48.3 Å². The van der Waals surface area contributed by atoms with Gasteiger partial charge in [-0.15, -0.1) is 0 Å². The molecule has 0 spiro atoms. The lowest BCUT2D eigenvalue weighted by Gasteiger charge is -2.22. The standard InChI is InChI=1S/C25H27FN2O5/c1-14-7-21-24(22(8-14)32-15(2)11-26)25(30)28-12-19(9-17(28)13-31-21)33-18-5-3-16-4-6-23(29)27-20(16)10-18/h3,5,7-8,10,15,17,19H,4,6,9,11-13H2,1-2H3,(H,27,29)/t15-,17+,19-/m0/s1. The van der Waals surface area contributed by atoms with Crippen LogP contribution in [0.15, 0.2) is 30.3 Å². The topological polar surface area (TPSA) is 77.1 Å². The zero-order valence-electron chi connectivity index (χ0n) is 18.7. The fraction of sp³-hybridized carbons (Fsp3) is 0.440. The number of fused-ring (bicyclic) bond motifs is 3. The van der Waals surface area contributed by atoms with Crippen molar-refractivity contribution in [2.75, 3.05) is 25.1 Å². The Bertz CT molecular complexity index is 1100. The van der Waals surface area contributed by atoms with Crippen molar-refractivity contribution in [1.82, 2.24) is 4.90 Å². The van der Waals surface area contributed by atoms with Crippen LogP contribution < -0.4 is 19.5 Å². The van der Waals surface area contributed by atoms with E-state index in [9.17, 15) is 14.0 Å². The molecule has 0 aliphatic carbocycles. The highest BCUT2D eigenvalue weighted by Crippen LogP contribution is 2.38. The predicted molar refractivity (Wildman–Crippen MR) is 120 cm³/mol. The Kier molecular flexibility index (Phi) is 5.60. The maximum Gasteiger partial charge on any atom is 0.261 e. The van der Waals surface area contributed by atoms with Gasteiger partial charge in [-0.1, -0.05) is 6.07 Å². The Morgan fingerprint density at radius 3 is 2.91 bits per heavy atom. The average molecular weight is 454 g/mol. The minimum Gasteiger partial charge on any atom is -0.490 e. The first-order valence-corrected chi connectivity index (χ1v) is 11.3. The van der Waals surface area contributed by atoms with Gasteiger partial charge in [0.2, 0.25) is 5.91 Å². The third-order valence-electron chi connectivity index (χ3n) is 6.32. The van der Waals surface area contributed by atoms with Gasteiger partial charge in [0.15, 0.2) is 0 Å². The summed E-state index contributed by atoms with van der Waals surface area (Å²) in [5.41, 5.74) is 3.09. The van der Waals surface area contributed by atoms with E-state index in [1.54, 1.807) is 17.9 Å². The van der Waals surface area contributed by atoms with Gasteiger partial charge in [0.25, 0.3) is 5.91 Å². The van der Waals surface area contributed by atoms with Crippen molar-refractivity contribution in [1.29, 1.82) is 0 Å². The number of aryl methyl sites for hydroxylation is 2. The van der Waals surface area contributed by atoms with Gasteiger partial charge < -0.3 is 24.4 Å². The normalized spacial score (nSPS) is 22.3. The van der Waals surface area contributed by atoms with Gasteiger partial charge in [-0.2, -0.15) is 0 Å². The number of nitrogens with zero attached hydrogens (tertiary/aromatic N) is 1. The van der Waals surface area contributed by atoms with Gasteiger partial charge >= 0.3 is 0 Å². The summed E-state index contributed by atoms with van der Waals surface area (Å²) in [5.74, 6) is 1.28. The summed E-state index contributed by atoms with van der Waals surface area (Å²) in [6, 6.07) is 9.14. The molecule has 174 valence electrons. The van der Waals surface area contributed by atoms with Crippen LogP contribution in [-0.2, 0) is 11.2 Å². The van der Waals surface area contributed by atoms with Crippen molar-refractivity contribution < 1.29 is 28.2 Å². The van der Waals surface area contributed by atoms with Crippen LogP contribution in [0, 0.1) is 6.92 Å². The van der Waals surface area contributed by atoms with Crippen molar-refractivity contribution in [3.05, 3.63) is 47.0 Å². The summed E-state index contributed by atoms with van der Waals surface area (Å²) in [6.07, 6.45) is 0.963. The smallest absolute Gasteiger partial charge is 0.261 e. The molecule has 3 atom stereocenters. The number of alkyl halides is 1. The lowest BCUT2D eigenvalue weighted by molar-refractivity contribution is -0.116. The molecule has 1 fully saturated rings. The van der Waals surface area contributed by atoms with E-state index >= 15 is 0 Å². The maximum absolute atomic E-state index is 13.5. The first-order chi connectivity index (χ1) is 15.9. The second-order valence-electron chi connectivity index (χ2n) is 8.98. The number of ether oxygens (including phenoxy) is 3. The largest absolute Gasteiger partial charge is 0.490 e. The van der Waals surface area contributed by atoms with E-state index in [4.69, 9.17) is 14.2 Å². The molecule has 3 heterocycles. The molecular weight excluding hydrogens is 427 g/mol. The second-order valence-corrected chi connectivity index (χ2v) is 8.98. The first-order valence-electron chi connectivity index (χ1n) is 11.3. The minimum absolute atomic E-state index is 0.00523. The van der Waals surface area contributed by atoms with Gasteiger partial charge in [0.05, 0.1) is 12.6 Å². The first kappa shape index (κ1) is 21.6. The molecule has 0 saturated carbocycles. The van der Waals surface area contributed by atoms with Crippen LogP contribution in [0.5, 0.6) is 17.2 Å². The van der Waals surface area contributed by atoms with Crippen molar-refractivity contribution in [3.63, 3.8) is 0 Å². The van der Waals surface area contributed by atoms with E-state index in [0.717, 1.165) is 23.2 Å². The molecule has 1 N–H and O–H groups in total. The Morgan fingerprint density at radius 2 is 2.09 bits per heavy atom. The lowest BCUT2D eigenvalue weighted by Crippen LogP contribution is -2.37. The van der Waals surface area contributed by atoms with Crippen LogP contribution in [0.4, 0.5) is 10.1 Å². The Balaban J connectivity index is 1.35. The molecule has 5 rings (SSSR count). The SMILES string of the molecule is Cc1cc2c(c(O[C@@H](C)CF)c1)C(=O)N1C[C@@H](Oc3ccc4c(c3)NC(=O)CC4)C[C@@H]1CO2. The van der Waals surface area contributed by atoms with Crippen molar-refractivity contribution in [2.24, 2.45) is 0 Å².